The lowest BCUT2D eigenvalue weighted by atomic mass is 10.1. The highest BCUT2D eigenvalue weighted by Crippen LogP contribution is 2.40. The Balaban J connectivity index is 1.49. The van der Waals surface area contributed by atoms with Crippen LogP contribution in [0.3, 0.4) is 0 Å². The van der Waals surface area contributed by atoms with Crippen molar-refractivity contribution in [3.05, 3.63) is 17.7 Å². The lowest BCUT2D eigenvalue weighted by Gasteiger charge is -2.32. The summed E-state index contributed by atoms with van der Waals surface area (Å²) >= 11 is 0. The molecule has 138 valence electrons. The number of methoxy groups -OCH3 is 1. The normalized spacial score (nSPS) is 18.0. The Labute approximate surface area is 148 Å². The lowest BCUT2D eigenvalue weighted by molar-refractivity contribution is 0.0947. The van der Waals surface area contributed by atoms with Gasteiger partial charge in [-0.05, 0) is 32.1 Å². The number of ether oxygens (including phenoxy) is 3. The predicted molar refractivity (Wildman–Crippen MR) is 94.9 cm³/mol. The summed E-state index contributed by atoms with van der Waals surface area (Å²) in [5.41, 5.74) is 0.528. The highest BCUT2D eigenvalue weighted by molar-refractivity contribution is 5.95. The zero-order valence-electron chi connectivity index (χ0n) is 15.0. The highest BCUT2D eigenvalue weighted by atomic mass is 16.6. The van der Waals surface area contributed by atoms with Crippen LogP contribution in [0.5, 0.6) is 17.2 Å². The molecule has 1 aromatic rings. The van der Waals surface area contributed by atoms with Crippen molar-refractivity contribution in [2.45, 2.75) is 6.42 Å². The molecule has 25 heavy (non-hydrogen) atoms. The van der Waals surface area contributed by atoms with Crippen molar-refractivity contribution in [2.75, 3.05) is 66.6 Å². The van der Waals surface area contributed by atoms with Gasteiger partial charge < -0.3 is 29.3 Å². The van der Waals surface area contributed by atoms with E-state index in [0.717, 1.165) is 39.1 Å². The van der Waals surface area contributed by atoms with E-state index in [1.807, 2.05) is 0 Å². The number of carbonyl (C=O) groups is 1. The van der Waals surface area contributed by atoms with Gasteiger partial charge in [-0.1, -0.05) is 0 Å². The number of hydrogen-bond acceptors (Lipinski definition) is 6. The first-order chi connectivity index (χ1) is 12.2. The van der Waals surface area contributed by atoms with E-state index < -0.39 is 0 Å². The summed E-state index contributed by atoms with van der Waals surface area (Å²) in [5, 5.41) is 2.98. The molecule has 0 spiro atoms. The van der Waals surface area contributed by atoms with Gasteiger partial charge in [-0.3, -0.25) is 4.79 Å². The van der Waals surface area contributed by atoms with Crippen LogP contribution >= 0.6 is 0 Å². The summed E-state index contributed by atoms with van der Waals surface area (Å²) in [5.74, 6) is 1.54. The van der Waals surface area contributed by atoms with Crippen LogP contribution in [0.15, 0.2) is 12.1 Å². The molecular weight excluding hydrogens is 322 g/mol. The van der Waals surface area contributed by atoms with Crippen LogP contribution in [0.2, 0.25) is 0 Å². The summed E-state index contributed by atoms with van der Waals surface area (Å²) in [6.07, 6.45) is 0.942. The number of fused-ring (bicyclic) bond motifs is 1. The Hall–Kier alpha value is -1.99. The molecule has 0 atom stereocenters. The van der Waals surface area contributed by atoms with Crippen LogP contribution in [0.25, 0.3) is 0 Å². The van der Waals surface area contributed by atoms with Crippen LogP contribution in [0.1, 0.15) is 16.8 Å². The van der Waals surface area contributed by atoms with Crippen molar-refractivity contribution in [3.8, 4) is 17.2 Å². The third kappa shape index (κ3) is 4.55. The molecule has 0 aromatic heterocycles. The quantitative estimate of drug-likeness (QED) is 0.768. The van der Waals surface area contributed by atoms with Crippen LogP contribution in [0.4, 0.5) is 0 Å². The van der Waals surface area contributed by atoms with Gasteiger partial charge >= 0.3 is 0 Å². The molecule has 0 saturated carbocycles. The van der Waals surface area contributed by atoms with Crippen molar-refractivity contribution >= 4 is 5.91 Å². The molecule has 1 amide bonds. The Kier molecular flexibility index (Phi) is 5.99. The standard InChI is InChI=1S/C18H27N3O4/c1-20-6-8-21(9-7-20)5-3-4-19-18(22)14-12-15(23-2)17-16(13-14)24-10-11-25-17/h12-13H,3-11H2,1-2H3,(H,19,22). The molecule has 2 aliphatic heterocycles. The zero-order chi connectivity index (χ0) is 17.6. The first kappa shape index (κ1) is 17.8. The third-order valence-electron chi connectivity index (χ3n) is 4.62. The zero-order valence-corrected chi connectivity index (χ0v) is 15.0. The number of likely N-dealkylation sites (N-methyl/N-ethyl adjacent to an activating group) is 1. The minimum Gasteiger partial charge on any atom is -0.493 e. The number of rotatable bonds is 6. The summed E-state index contributed by atoms with van der Waals surface area (Å²) in [7, 11) is 3.71. The minimum atomic E-state index is -0.117. The SMILES string of the molecule is COc1cc(C(=O)NCCCN2CCN(C)CC2)cc2c1OCCO2. The molecule has 1 aromatic carbocycles. The number of carbonyl (C=O) groups excluding carboxylic acids is 1. The van der Waals surface area contributed by atoms with Gasteiger partial charge in [0.15, 0.2) is 11.5 Å². The number of amides is 1. The molecule has 2 heterocycles. The maximum atomic E-state index is 12.4. The molecule has 3 rings (SSSR count). The van der Waals surface area contributed by atoms with Crippen molar-refractivity contribution in [2.24, 2.45) is 0 Å². The van der Waals surface area contributed by atoms with Crippen molar-refractivity contribution in [1.29, 1.82) is 0 Å². The van der Waals surface area contributed by atoms with Crippen LogP contribution in [0, 0.1) is 0 Å². The monoisotopic (exact) mass is 349 g/mol. The predicted octanol–water partition coefficient (Wildman–Crippen LogP) is 0.834. The summed E-state index contributed by atoms with van der Waals surface area (Å²) in [4.78, 5) is 17.2. The smallest absolute Gasteiger partial charge is 0.251 e. The highest BCUT2D eigenvalue weighted by Gasteiger charge is 2.21. The molecule has 0 bridgehead atoms. The Morgan fingerprint density at radius 2 is 1.96 bits per heavy atom. The minimum absolute atomic E-state index is 0.117. The van der Waals surface area contributed by atoms with E-state index in [1.54, 1.807) is 19.2 Å². The molecule has 0 aliphatic carbocycles. The van der Waals surface area contributed by atoms with Crippen molar-refractivity contribution < 1.29 is 19.0 Å². The molecule has 0 unspecified atom stereocenters. The van der Waals surface area contributed by atoms with Gasteiger partial charge in [0.2, 0.25) is 5.75 Å². The maximum Gasteiger partial charge on any atom is 0.251 e. The molecule has 1 N–H and O–H groups in total. The summed E-state index contributed by atoms with van der Waals surface area (Å²) in [6, 6.07) is 3.41. The number of nitrogens with one attached hydrogen (secondary N) is 1. The third-order valence-corrected chi connectivity index (χ3v) is 4.62. The fourth-order valence-electron chi connectivity index (χ4n) is 3.08. The number of nitrogens with zero attached hydrogens (tertiary/aromatic N) is 2. The van der Waals surface area contributed by atoms with E-state index in [9.17, 15) is 4.79 Å². The maximum absolute atomic E-state index is 12.4. The van der Waals surface area contributed by atoms with Crippen molar-refractivity contribution in [1.82, 2.24) is 15.1 Å². The van der Waals surface area contributed by atoms with E-state index in [0.29, 0.717) is 42.6 Å². The topological polar surface area (TPSA) is 63.3 Å². The van der Waals surface area contributed by atoms with Gasteiger partial charge in [-0.25, -0.2) is 0 Å². The van der Waals surface area contributed by atoms with Gasteiger partial charge in [-0.2, -0.15) is 0 Å². The fraction of sp³-hybridized carbons (Fsp3) is 0.611. The van der Waals surface area contributed by atoms with Crippen molar-refractivity contribution in [3.63, 3.8) is 0 Å². The molecular formula is C18H27N3O4. The first-order valence-corrected chi connectivity index (χ1v) is 8.84. The second-order valence-corrected chi connectivity index (χ2v) is 6.46. The Morgan fingerprint density at radius 3 is 2.72 bits per heavy atom. The van der Waals surface area contributed by atoms with Gasteiger partial charge in [-0.15, -0.1) is 0 Å². The Bertz CT molecular complexity index is 583. The summed E-state index contributed by atoms with van der Waals surface area (Å²) in [6.45, 7) is 7.06. The van der Waals surface area contributed by atoms with Gasteiger partial charge in [0, 0.05) is 38.3 Å². The van der Waals surface area contributed by atoms with Gasteiger partial charge in [0.05, 0.1) is 7.11 Å². The second kappa shape index (κ2) is 8.40. The number of hydrogen-bond donors (Lipinski definition) is 1. The first-order valence-electron chi connectivity index (χ1n) is 8.84. The van der Waals surface area contributed by atoms with Gasteiger partial charge in [0.1, 0.15) is 13.2 Å². The molecule has 1 fully saturated rings. The lowest BCUT2D eigenvalue weighted by Crippen LogP contribution is -2.45. The van der Waals surface area contributed by atoms with E-state index >= 15 is 0 Å². The molecule has 7 heteroatoms. The second-order valence-electron chi connectivity index (χ2n) is 6.46. The Morgan fingerprint density at radius 1 is 1.20 bits per heavy atom. The number of piperazine rings is 1. The average Bonchev–Trinajstić information content (AvgIpc) is 2.65. The molecule has 0 radical (unpaired) electrons. The van der Waals surface area contributed by atoms with Crippen LogP contribution < -0.4 is 19.5 Å². The van der Waals surface area contributed by atoms with E-state index in [-0.39, 0.29) is 5.91 Å². The number of benzene rings is 1. The van der Waals surface area contributed by atoms with E-state index in [1.165, 1.54) is 0 Å². The average molecular weight is 349 g/mol. The van der Waals surface area contributed by atoms with Gasteiger partial charge in [0.25, 0.3) is 5.91 Å². The molecule has 1 saturated heterocycles. The van der Waals surface area contributed by atoms with Crippen LogP contribution in [-0.2, 0) is 0 Å². The molecule has 7 nitrogen and oxygen atoms in total. The van der Waals surface area contributed by atoms with Crippen LogP contribution in [-0.4, -0.2) is 82.3 Å². The largest absolute Gasteiger partial charge is 0.493 e. The summed E-state index contributed by atoms with van der Waals surface area (Å²) < 4.78 is 16.5. The van der Waals surface area contributed by atoms with E-state index in [4.69, 9.17) is 14.2 Å². The van der Waals surface area contributed by atoms with E-state index in [2.05, 4.69) is 22.2 Å². The molecule has 2 aliphatic rings. The fourth-order valence-corrected chi connectivity index (χ4v) is 3.08.